The molecule has 0 aromatic heterocycles. The summed E-state index contributed by atoms with van der Waals surface area (Å²) in [5, 5.41) is 2.93. The summed E-state index contributed by atoms with van der Waals surface area (Å²) in [6, 6.07) is 14.3. The van der Waals surface area contributed by atoms with Crippen LogP contribution >= 0.6 is 0 Å². The molecule has 0 saturated carbocycles. The van der Waals surface area contributed by atoms with Crippen LogP contribution in [0.2, 0.25) is 0 Å². The second-order valence-electron chi connectivity index (χ2n) is 7.82. The van der Waals surface area contributed by atoms with Crippen LogP contribution in [0.15, 0.2) is 48.5 Å². The number of rotatable bonds is 14. The van der Waals surface area contributed by atoms with Crippen molar-refractivity contribution in [1.29, 1.82) is 0 Å². The lowest BCUT2D eigenvalue weighted by Crippen LogP contribution is -2.47. The van der Waals surface area contributed by atoms with Crippen LogP contribution in [0.3, 0.4) is 0 Å². The predicted molar refractivity (Wildman–Crippen MR) is 129 cm³/mol. The second-order valence-corrected chi connectivity index (χ2v) is 7.82. The summed E-state index contributed by atoms with van der Waals surface area (Å²) >= 11 is 0. The van der Waals surface area contributed by atoms with Gasteiger partial charge in [-0.25, -0.2) is 0 Å². The molecule has 2 amide bonds. The number of carbonyl (C=O) groups excluding carboxylic acids is 2. The van der Waals surface area contributed by atoms with Crippen molar-refractivity contribution in [2.45, 2.75) is 52.1 Å². The molecule has 1 atom stereocenters. The van der Waals surface area contributed by atoms with Gasteiger partial charge in [0.1, 0.15) is 23.3 Å². The molecular formula is C26H36N2O5. The fourth-order valence-electron chi connectivity index (χ4n) is 3.28. The number of methoxy groups -OCH3 is 2. The van der Waals surface area contributed by atoms with Crippen LogP contribution in [0.1, 0.15) is 45.1 Å². The standard InChI is InChI=1S/C26H36N2O5/c1-5-6-17-27-26(30)20(2)28(19-21-9-11-22(31-3)12-10-21)25(29)8-7-18-33-24-15-13-23(32-4)14-16-24/h9-16,20H,5-8,17-19H2,1-4H3,(H,27,30)/t20-/m1/s1. The largest absolute Gasteiger partial charge is 0.497 e. The average molecular weight is 457 g/mol. The van der Waals surface area contributed by atoms with E-state index in [1.807, 2.05) is 48.5 Å². The molecule has 1 N–H and O–H groups in total. The molecule has 0 aliphatic rings. The number of ether oxygens (including phenoxy) is 3. The molecule has 0 bridgehead atoms. The van der Waals surface area contributed by atoms with E-state index in [0.29, 0.717) is 32.5 Å². The molecule has 2 rings (SSSR count). The molecule has 0 aliphatic carbocycles. The summed E-state index contributed by atoms with van der Waals surface area (Å²) in [5.74, 6) is 2.01. The quantitative estimate of drug-likeness (QED) is 0.431. The average Bonchev–Trinajstić information content (AvgIpc) is 2.85. The topological polar surface area (TPSA) is 77.1 Å². The van der Waals surface area contributed by atoms with Gasteiger partial charge < -0.3 is 24.4 Å². The van der Waals surface area contributed by atoms with E-state index in [2.05, 4.69) is 12.2 Å². The van der Waals surface area contributed by atoms with Gasteiger partial charge in [0, 0.05) is 19.5 Å². The van der Waals surface area contributed by atoms with Gasteiger partial charge in [-0.2, -0.15) is 0 Å². The first-order valence-electron chi connectivity index (χ1n) is 11.5. The maximum Gasteiger partial charge on any atom is 0.242 e. The van der Waals surface area contributed by atoms with Crippen LogP contribution in [0.25, 0.3) is 0 Å². The van der Waals surface area contributed by atoms with E-state index in [4.69, 9.17) is 14.2 Å². The van der Waals surface area contributed by atoms with Gasteiger partial charge in [0.25, 0.3) is 0 Å². The number of amides is 2. The zero-order valence-electron chi connectivity index (χ0n) is 20.1. The first-order valence-corrected chi connectivity index (χ1v) is 11.5. The lowest BCUT2D eigenvalue weighted by atomic mass is 10.1. The highest BCUT2D eigenvalue weighted by Gasteiger charge is 2.25. The number of nitrogens with one attached hydrogen (secondary N) is 1. The molecule has 0 saturated heterocycles. The van der Waals surface area contributed by atoms with Crippen LogP contribution in [-0.2, 0) is 16.1 Å². The van der Waals surface area contributed by atoms with Gasteiger partial charge in [0.2, 0.25) is 11.8 Å². The highest BCUT2D eigenvalue weighted by atomic mass is 16.5. The van der Waals surface area contributed by atoms with Crippen LogP contribution in [-0.4, -0.2) is 50.1 Å². The minimum absolute atomic E-state index is 0.0812. The Hall–Kier alpha value is -3.22. The molecule has 0 fully saturated rings. The predicted octanol–water partition coefficient (Wildman–Crippen LogP) is 4.20. The summed E-state index contributed by atoms with van der Waals surface area (Å²) in [7, 11) is 3.23. The number of unbranched alkanes of at least 4 members (excludes halogenated alkanes) is 1. The molecule has 2 aromatic rings. The van der Waals surface area contributed by atoms with Crippen molar-refractivity contribution >= 4 is 11.8 Å². The molecule has 0 aliphatic heterocycles. The Morgan fingerprint density at radius 2 is 1.48 bits per heavy atom. The smallest absolute Gasteiger partial charge is 0.242 e. The van der Waals surface area contributed by atoms with Gasteiger partial charge in [0.15, 0.2) is 0 Å². The van der Waals surface area contributed by atoms with E-state index in [1.54, 1.807) is 26.0 Å². The maximum atomic E-state index is 13.1. The fourth-order valence-corrected chi connectivity index (χ4v) is 3.28. The first-order chi connectivity index (χ1) is 16.0. The molecule has 0 heterocycles. The van der Waals surface area contributed by atoms with E-state index in [0.717, 1.165) is 35.7 Å². The molecular weight excluding hydrogens is 420 g/mol. The van der Waals surface area contributed by atoms with E-state index in [-0.39, 0.29) is 11.8 Å². The monoisotopic (exact) mass is 456 g/mol. The van der Waals surface area contributed by atoms with Gasteiger partial charge in [0.05, 0.1) is 20.8 Å². The Kier molecular flexibility index (Phi) is 11.1. The Bertz CT molecular complexity index is 852. The van der Waals surface area contributed by atoms with E-state index >= 15 is 0 Å². The zero-order valence-corrected chi connectivity index (χ0v) is 20.1. The van der Waals surface area contributed by atoms with Gasteiger partial charge in [-0.05, 0) is 61.7 Å². The summed E-state index contributed by atoms with van der Waals surface area (Å²) < 4.78 is 16.1. The Morgan fingerprint density at radius 3 is 2.06 bits per heavy atom. The molecule has 2 aromatic carbocycles. The Morgan fingerprint density at radius 1 is 0.909 bits per heavy atom. The number of hydrogen-bond acceptors (Lipinski definition) is 5. The molecule has 180 valence electrons. The van der Waals surface area contributed by atoms with Crippen molar-refractivity contribution in [2.75, 3.05) is 27.4 Å². The Labute approximate surface area is 197 Å². The summed E-state index contributed by atoms with van der Waals surface area (Å²) in [6.45, 7) is 5.22. The van der Waals surface area contributed by atoms with Gasteiger partial charge in [-0.3, -0.25) is 9.59 Å². The zero-order chi connectivity index (χ0) is 24.1. The van der Waals surface area contributed by atoms with Crippen molar-refractivity contribution in [3.05, 3.63) is 54.1 Å². The number of carbonyl (C=O) groups is 2. The van der Waals surface area contributed by atoms with Crippen molar-refractivity contribution in [3.8, 4) is 17.2 Å². The van der Waals surface area contributed by atoms with Crippen molar-refractivity contribution in [2.24, 2.45) is 0 Å². The normalized spacial score (nSPS) is 11.4. The van der Waals surface area contributed by atoms with Gasteiger partial charge in [-0.15, -0.1) is 0 Å². The third-order valence-corrected chi connectivity index (χ3v) is 5.37. The van der Waals surface area contributed by atoms with Gasteiger partial charge in [-0.1, -0.05) is 25.5 Å². The summed E-state index contributed by atoms with van der Waals surface area (Å²) in [4.78, 5) is 27.4. The number of nitrogens with zero attached hydrogens (tertiary/aromatic N) is 1. The summed E-state index contributed by atoms with van der Waals surface area (Å²) in [6.07, 6.45) is 2.75. The highest BCUT2D eigenvalue weighted by Crippen LogP contribution is 2.18. The summed E-state index contributed by atoms with van der Waals surface area (Å²) in [5.41, 5.74) is 0.937. The SMILES string of the molecule is CCCCNC(=O)[C@@H](C)N(Cc1ccc(OC)cc1)C(=O)CCCOc1ccc(OC)cc1. The van der Waals surface area contributed by atoms with Gasteiger partial charge >= 0.3 is 0 Å². The van der Waals surface area contributed by atoms with Crippen LogP contribution in [0.5, 0.6) is 17.2 Å². The van der Waals surface area contributed by atoms with E-state index in [9.17, 15) is 9.59 Å². The van der Waals surface area contributed by atoms with Crippen molar-refractivity contribution in [1.82, 2.24) is 10.2 Å². The van der Waals surface area contributed by atoms with Crippen LogP contribution in [0, 0.1) is 0 Å². The molecule has 7 heteroatoms. The lowest BCUT2D eigenvalue weighted by Gasteiger charge is -2.29. The second kappa shape index (κ2) is 14.0. The maximum absolute atomic E-state index is 13.1. The molecule has 0 spiro atoms. The molecule has 0 radical (unpaired) electrons. The first kappa shape index (κ1) is 26.0. The third-order valence-electron chi connectivity index (χ3n) is 5.37. The molecule has 33 heavy (non-hydrogen) atoms. The fraction of sp³-hybridized carbons (Fsp3) is 0.462. The van der Waals surface area contributed by atoms with Crippen molar-refractivity contribution in [3.63, 3.8) is 0 Å². The lowest BCUT2D eigenvalue weighted by molar-refractivity contribution is -0.140. The van der Waals surface area contributed by atoms with Crippen LogP contribution < -0.4 is 19.5 Å². The van der Waals surface area contributed by atoms with Crippen molar-refractivity contribution < 1.29 is 23.8 Å². The minimum Gasteiger partial charge on any atom is -0.497 e. The number of hydrogen-bond donors (Lipinski definition) is 1. The highest BCUT2D eigenvalue weighted by molar-refractivity contribution is 5.87. The molecule has 0 unspecified atom stereocenters. The van der Waals surface area contributed by atoms with E-state index in [1.165, 1.54) is 0 Å². The minimum atomic E-state index is -0.570. The van der Waals surface area contributed by atoms with Crippen LogP contribution in [0.4, 0.5) is 0 Å². The third kappa shape index (κ3) is 8.67. The molecule has 7 nitrogen and oxygen atoms in total. The Balaban J connectivity index is 1.97. The number of benzene rings is 2. The van der Waals surface area contributed by atoms with E-state index < -0.39 is 6.04 Å².